The predicted octanol–water partition coefficient (Wildman–Crippen LogP) is 2.92. The summed E-state index contributed by atoms with van der Waals surface area (Å²) >= 11 is 6.03. The van der Waals surface area contributed by atoms with Crippen LogP contribution in [0.25, 0.3) is 0 Å². The van der Waals surface area contributed by atoms with E-state index in [1.165, 1.54) is 18.2 Å². The summed E-state index contributed by atoms with van der Waals surface area (Å²) in [6, 6.07) is 8.96. The first-order chi connectivity index (χ1) is 12.3. The van der Waals surface area contributed by atoms with Crippen molar-refractivity contribution in [3.63, 3.8) is 0 Å². The number of non-ortho nitro benzene ring substituents is 1. The van der Waals surface area contributed by atoms with Gasteiger partial charge in [-0.1, -0.05) is 17.7 Å². The number of carbonyl (C=O) groups is 2. The van der Waals surface area contributed by atoms with E-state index in [1.54, 1.807) is 18.2 Å². The molecule has 2 aromatic carbocycles. The molecule has 3 rings (SSSR count). The monoisotopic (exact) mass is 375 g/mol. The fraction of sp³-hybridized carbons (Fsp3) is 0.176. The van der Waals surface area contributed by atoms with Crippen LogP contribution in [0.4, 0.5) is 17.1 Å². The molecular weight excluding hydrogens is 362 g/mol. The topological polar surface area (TPSA) is 102 Å². The van der Waals surface area contributed by atoms with Crippen LogP contribution in [-0.4, -0.2) is 29.9 Å². The Kier molecular flexibility index (Phi) is 4.77. The molecule has 26 heavy (non-hydrogen) atoms. The van der Waals surface area contributed by atoms with E-state index in [4.69, 9.17) is 16.3 Å². The van der Waals surface area contributed by atoms with E-state index in [2.05, 4.69) is 5.32 Å². The third-order valence-corrected chi connectivity index (χ3v) is 4.26. The van der Waals surface area contributed by atoms with Crippen molar-refractivity contribution in [2.75, 3.05) is 23.4 Å². The second-order valence-corrected chi connectivity index (χ2v) is 6.10. The number of carbonyl (C=O) groups excluding carboxylic acids is 2. The van der Waals surface area contributed by atoms with Crippen molar-refractivity contribution >= 4 is 40.5 Å². The summed E-state index contributed by atoms with van der Waals surface area (Å²) in [6.07, 6.45) is 0. The smallest absolute Gasteiger partial charge is 0.271 e. The van der Waals surface area contributed by atoms with Crippen LogP contribution in [-0.2, 0) is 9.59 Å². The molecule has 0 bridgehead atoms. The molecule has 0 saturated carbocycles. The van der Waals surface area contributed by atoms with Crippen LogP contribution in [0.1, 0.15) is 5.56 Å². The maximum Gasteiger partial charge on any atom is 0.271 e. The number of nitro benzene ring substituents is 1. The number of nitro groups is 1. The van der Waals surface area contributed by atoms with E-state index in [9.17, 15) is 19.7 Å². The number of amides is 2. The van der Waals surface area contributed by atoms with E-state index in [0.29, 0.717) is 16.5 Å². The number of hydrogen-bond acceptors (Lipinski definition) is 5. The third kappa shape index (κ3) is 3.60. The second kappa shape index (κ2) is 7.01. The maximum atomic E-state index is 12.3. The van der Waals surface area contributed by atoms with Crippen LogP contribution < -0.4 is 15.0 Å². The van der Waals surface area contributed by atoms with Crippen molar-refractivity contribution < 1.29 is 19.2 Å². The molecule has 0 radical (unpaired) electrons. The van der Waals surface area contributed by atoms with Crippen molar-refractivity contribution in [1.82, 2.24) is 0 Å². The summed E-state index contributed by atoms with van der Waals surface area (Å²) in [5, 5.41) is 14.1. The molecule has 1 aliphatic heterocycles. The molecule has 0 unspecified atom stereocenters. The highest BCUT2D eigenvalue weighted by Gasteiger charge is 2.29. The van der Waals surface area contributed by atoms with Gasteiger partial charge in [0.25, 0.3) is 11.6 Å². The minimum absolute atomic E-state index is 0.188. The standard InChI is InChI=1S/C17H14ClN3O5/c1-10-2-3-11(6-13(10)18)19-16(22)8-20-14-7-12(21(24)25)4-5-15(14)26-9-17(20)23/h2-7H,8-9H2,1H3,(H,19,22). The first-order valence-electron chi connectivity index (χ1n) is 7.63. The molecule has 134 valence electrons. The fourth-order valence-electron chi connectivity index (χ4n) is 2.49. The number of anilines is 2. The van der Waals surface area contributed by atoms with Gasteiger partial charge in [-0.15, -0.1) is 0 Å². The molecule has 2 amide bonds. The van der Waals surface area contributed by atoms with Gasteiger partial charge < -0.3 is 10.1 Å². The summed E-state index contributed by atoms with van der Waals surface area (Å²) < 4.78 is 5.27. The van der Waals surface area contributed by atoms with Crippen molar-refractivity contribution in [3.8, 4) is 5.75 Å². The van der Waals surface area contributed by atoms with Crippen LogP contribution in [0, 0.1) is 17.0 Å². The first kappa shape index (κ1) is 17.7. The number of nitrogens with one attached hydrogen (secondary N) is 1. The average Bonchev–Trinajstić information content (AvgIpc) is 2.60. The van der Waals surface area contributed by atoms with Crippen molar-refractivity contribution in [2.24, 2.45) is 0 Å². The predicted molar refractivity (Wildman–Crippen MR) is 95.8 cm³/mol. The van der Waals surface area contributed by atoms with Gasteiger partial charge in [0.05, 0.1) is 10.6 Å². The average molecular weight is 376 g/mol. The molecule has 0 aliphatic carbocycles. The molecule has 0 aromatic heterocycles. The molecule has 0 spiro atoms. The van der Waals surface area contributed by atoms with Crippen molar-refractivity contribution in [3.05, 3.63) is 57.1 Å². The Labute approximate surface area is 153 Å². The third-order valence-electron chi connectivity index (χ3n) is 3.85. The maximum absolute atomic E-state index is 12.3. The highest BCUT2D eigenvalue weighted by Crippen LogP contribution is 2.35. The number of aryl methyl sites for hydroxylation is 1. The number of rotatable bonds is 4. The van der Waals surface area contributed by atoms with Crippen molar-refractivity contribution in [2.45, 2.75) is 6.92 Å². The number of halogens is 1. The minimum Gasteiger partial charge on any atom is -0.482 e. The van der Waals surface area contributed by atoms with E-state index >= 15 is 0 Å². The molecule has 1 aliphatic rings. The summed E-state index contributed by atoms with van der Waals surface area (Å²) in [5.74, 6) is -0.617. The number of nitrogens with zero attached hydrogens (tertiary/aromatic N) is 2. The lowest BCUT2D eigenvalue weighted by Gasteiger charge is -2.28. The Hall–Kier alpha value is -3.13. The van der Waals surface area contributed by atoms with Gasteiger partial charge >= 0.3 is 0 Å². The van der Waals surface area contributed by atoms with E-state index in [-0.39, 0.29) is 24.5 Å². The zero-order chi connectivity index (χ0) is 18.8. The van der Waals surface area contributed by atoms with Crippen LogP contribution in [0.5, 0.6) is 5.75 Å². The molecule has 9 heteroatoms. The van der Waals surface area contributed by atoms with E-state index in [0.717, 1.165) is 10.5 Å². The zero-order valence-electron chi connectivity index (χ0n) is 13.7. The second-order valence-electron chi connectivity index (χ2n) is 5.69. The zero-order valence-corrected chi connectivity index (χ0v) is 14.4. The van der Waals surface area contributed by atoms with Crippen LogP contribution in [0.3, 0.4) is 0 Å². The first-order valence-corrected chi connectivity index (χ1v) is 8.00. The largest absolute Gasteiger partial charge is 0.482 e. The molecule has 0 saturated heterocycles. The van der Waals surface area contributed by atoms with E-state index in [1.807, 2.05) is 6.92 Å². The Balaban J connectivity index is 1.81. The fourth-order valence-corrected chi connectivity index (χ4v) is 2.67. The lowest BCUT2D eigenvalue weighted by atomic mass is 10.2. The highest BCUT2D eigenvalue weighted by molar-refractivity contribution is 6.31. The van der Waals surface area contributed by atoms with Gasteiger partial charge in [-0.3, -0.25) is 24.6 Å². The lowest BCUT2D eigenvalue weighted by molar-refractivity contribution is -0.384. The van der Waals surface area contributed by atoms with Crippen LogP contribution in [0.15, 0.2) is 36.4 Å². The highest BCUT2D eigenvalue weighted by atomic mass is 35.5. The minimum atomic E-state index is -0.577. The van der Waals surface area contributed by atoms with Gasteiger partial charge in [-0.25, -0.2) is 0 Å². The Morgan fingerprint density at radius 1 is 1.35 bits per heavy atom. The quantitative estimate of drug-likeness (QED) is 0.654. The van der Waals surface area contributed by atoms with Gasteiger partial charge in [0.15, 0.2) is 6.61 Å². The van der Waals surface area contributed by atoms with Crippen LogP contribution >= 0.6 is 11.6 Å². The summed E-state index contributed by atoms with van der Waals surface area (Å²) in [5.41, 5.74) is 1.35. The molecule has 1 heterocycles. The molecular formula is C17H14ClN3O5. The van der Waals surface area contributed by atoms with Gasteiger partial charge in [0.1, 0.15) is 12.3 Å². The summed E-state index contributed by atoms with van der Waals surface area (Å²) in [6.45, 7) is 1.29. The lowest BCUT2D eigenvalue weighted by Crippen LogP contribution is -2.43. The molecule has 8 nitrogen and oxygen atoms in total. The molecule has 0 atom stereocenters. The van der Waals surface area contributed by atoms with Crippen molar-refractivity contribution in [1.29, 1.82) is 0 Å². The molecule has 0 fully saturated rings. The molecule has 2 aromatic rings. The summed E-state index contributed by atoms with van der Waals surface area (Å²) in [7, 11) is 0. The SMILES string of the molecule is Cc1ccc(NC(=O)CN2C(=O)COc3ccc([N+](=O)[O-])cc32)cc1Cl. The van der Waals surface area contributed by atoms with Gasteiger partial charge in [-0.05, 0) is 30.7 Å². The van der Waals surface area contributed by atoms with E-state index < -0.39 is 16.7 Å². The number of fused-ring (bicyclic) bond motifs is 1. The van der Waals surface area contributed by atoms with Crippen LogP contribution in [0.2, 0.25) is 5.02 Å². The Morgan fingerprint density at radius 3 is 2.81 bits per heavy atom. The van der Waals surface area contributed by atoms with Gasteiger partial charge in [-0.2, -0.15) is 0 Å². The Bertz CT molecular complexity index is 915. The molecule has 1 N–H and O–H groups in total. The number of hydrogen-bond donors (Lipinski definition) is 1. The van der Waals surface area contributed by atoms with Gasteiger partial charge in [0.2, 0.25) is 5.91 Å². The number of ether oxygens (including phenoxy) is 1. The van der Waals surface area contributed by atoms with Gasteiger partial charge in [0, 0.05) is 22.8 Å². The Morgan fingerprint density at radius 2 is 2.12 bits per heavy atom. The summed E-state index contributed by atoms with van der Waals surface area (Å²) in [4.78, 5) is 36.0. The number of benzene rings is 2. The normalized spacial score (nSPS) is 13.0.